The topological polar surface area (TPSA) is 49.3 Å². The molecule has 3 rings (SSSR count). The first-order valence-corrected chi connectivity index (χ1v) is 9.03. The van der Waals surface area contributed by atoms with E-state index < -0.39 is 0 Å². The van der Waals surface area contributed by atoms with E-state index in [-0.39, 0.29) is 19.0 Å². The first-order chi connectivity index (χ1) is 14.2. The number of oxime groups is 1. The lowest BCUT2D eigenvalue weighted by Crippen LogP contribution is -2.14. The predicted molar refractivity (Wildman–Crippen MR) is 109 cm³/mol. The second-order valence-corrected chi connectivity index (χ2v) is 6.11. The van der Waals surface area contributed by atoms with Gasteiger partial charge in [0.15, 0.2) is 11.5 Å². The molecule has 3 aromatic carbocycles. The van der Waals surface area contributed by atoms with Crippen LogP contribution in [0.1, 0.15) is 11.1 Å². The van der Waals surface area contributed by atoms with Gasteiger partial charge in [-0.25, -0.2) is 4.39 Å². The Balaban J connectivity index is 1.67. The van der Waals surface area contributed by atoms with Crippen molar-refractivity contribution < 1.29 is 23.4 Å². The molecule has 0 aliphatic heterocycles. The molecule has 0 N–H and O–H groups in total. The van der Waals surface area contributed by atoms with Gasteiger partial charge in [-0.3, -0.25) is 0 Å². The Labute approximate surface area is 169 Å². The molecule has 0 saturated carbocycles. The van der Waals surface area contributed by atoms with Crippen LogP contribution in [-0.2, 0) is 11.4 Å². The molecule has 0 aliphatic rings. The van der Waals surface area contributed by atoms with Crippen molar-refractivity contribution in [1.29, 1.82) is 0 Å². The minimum Gasteiger partial charge on any atom is -0.493 e. The molecule has 0 bridgehead atoms. The van der Waals surface area contributed by atoms with Crippen molar-refractivity contribution in [3.05, 3.63) is 89.7 Å². The molecule has 29 heavy (non-hydrogen) atoms. The van der Waals surface area contributed by atoms with Crippen LogP contribution in [0.2, 0.25) is 0 Å². The van der Waals surface area contributed by atoms with Crippen molar-refractivity contribution in [2.24, 2.45) is 5.16 Å². The number of methoxy groups -OCH3 is 1. The summed E-state index contributed by atoms with van der Waals surface area (Å²) in [7, 11) is 3.07. The summed E-state index contributed by atoms with van der Waals surface area (Å²) in [5, 5.41) is 4.05. The summed E-state index contributed by atoms with van der Waals surface area (Å²) in [4.78, 5) is 4.94. The van der Waals surface area contributed by atoms with E-state index in [0.717, 1.165) is 11.1 Å². The van der Waals surface area contributed by atoms with E-state index in [1.54, 1.807) is 25.3 Å². The highest BCUT2D eigenvalue weighted by Crippen LogP contribution is 2.29. The summed E-state index contributed by atoms with van der Waals surface area (Å²) >= 11 is 0. The van der Waals surface area contributed by atoms with Gasteiger partial charge in [0.25, 0.3) is 0 Å². The number of ether oxygens (including phenoxy) is 3. The Morgan fingerprint density at radius 2 is 1.69 bits per heavy atom. The van der Waals surface area contributed by atoms with E-state index in [1.165, 1.54) is 19.2 Å². The van der Waals surface area contributed by atoms with Crippen molar-refractivity contribution >= 4 is 5.71 Å². The number of benzene rings is 3. The lowest BCUT2D eigenvalue weighted by atomic mass is 10.1. The molecule has 0 spiro atoms. The van der Waals surface area contributed by atoms with Crippen LogP contribution in [0.25, 0.3) is 0 Å². The minimum absolute atomic E-state index is 0.216. The van der Waals surface area contributed by atoms with Gasteiger partial charge in [0.2, 0.25) is 0 Å². The SMILES string of the molecule is CO/N=C(\COc1ccc(COc2cccc(F)c2)cc1OC)c1ccccc1. The number of hydrogen-bond acceptors (Lipinski definition) is 5. The van der Waals surface area contributed by atoms with E-state index >= 15 is 0 Å². The fraction of sp³-hybridized carbons (Fsp3) is 0.174. The van der Waals surface area contributed by atoms with Crippen LogP contribution in [0, 0.1) is 5.82 Å². The monoisotopic (exact) mass is 395 g/mol. The predicted octanol–water partition coefficient (Wildman–Crippen LogP) is 4.84. The van der Waals surface area contributed by atoms with Crippen LogP contribution < -0.4 is 14.2 Å². The standard InChI is InChI=1S/C23H22FNO4/c1-26-23-13-17(15-28-20-10-6-9-19(24)14-20)11-12-22(23)29-16-21(25-27-2)18-7-4-3-5-8-18/h3-14H,15-16H2,1-2H3/b25-21+. The molecular weight excluding hydrogens is 373 g/mol. The minimum atomic E-state index is -0.337. The van der Waals surface area contributed by atoms with Gasteiger partial charge >= 0.3 is 0 Å². The van der Waals surface area contributed by atoms with E-state index in [0.29, 0.717) is 23.0 Å². The van der Waals surface area contributed by atoms with Crippen LogP contribution in [0.3, 0.4) is 0 Å². The van der Waals surface area contributed by atoms with Gasteiger partial charge in [-0.1, -0.05) is 47.6 Å². The maximum Gasteiger partial charge on any atom is 0.161 e. The second kappa shape index (κ2) is 10.1. The zero-order valence-corrected chi connectivity index (χ0v) is 16.3. The summed E-state index contributed by atoms with van der Waals surface area (Å²) in [6.07, 6.45) is 0. The number of halogens is 1. The smallest absolute Gasteiger partial charge is 0.161 e. The van der Waals surface area contributed by atoms with Crippen LogP contribution in [0.4, 0.5) is 4.39 Å². The second-order valence-electron chi connectivity index (χ2n) is 6.11. The Morgan fingerprint density at radius 1 is 0.862 bits per heavy atom. The zero-order valence-electron chi connectivity index (χ0n) is 16.3. The lowest BCUT2D eigenvalue weighted by molar-refractivity contribution is 0.210. The molecule has 0 fully saturated rings. The highest BCUT2D eigenvalue weighted by Gasteiger charge is 2.10. The average molecular weight is 395 g/mol. The fourth-order valence-electron chi connectivity index (χ4n) is 2.69. The van der Waals surface area contributed by atoms with Crippen LogP contribution in [0.15, 0.2) is 78.0 Å². The Morgan fingerprint density at radius 3 is 2.41 bits per heavy atom. The molecule has 0 atom stereocenters. The normalized spacial score (nSPS) is 11.1. The van der Waals surface area contributed by atoms with Crippen molar-refractivity contribution in [3.63, 3.8) is 0 Å². The van der Waals surface area contributed by atoms with Crippen LogP contribution in [0.5, 0.6) is 17.2 Å². The Kier molecular flexibility index (Phi) is 7.05. The number of nitrogens with zero attached hydrogens (tertiary/aromatic N) is 1. The third kappa shape index (κ3) is 5.72. The van der Waals surface area contributed by atoms with E-state index in [9.17, 15) is 4.39 Å². The van der Waals surface area contributed by atoms with Gasteiger partial charge in [-0.2, -0.15) is 0 Å². The molecule has 3 aromatic rings. The average Bonchev–Trinajstić information content (AvgIpc) is 2.76. The van der Waals surface area contributed by atoms with Gasteiger partial charge in [0.1, 0.15) is 37.6 Å². The zero-order chi connectivity index (χ0) is 20.5. The van der Waals surface area contributed by atoms with Gasteiger partial charge in [-0.15, -0.1) is 0 Å². The molecule has 0 amide bonds. The third-order valence-corrected chi connectivity index (χ3v) is 4.10. The van der Waals surface area contributed by atoms with E-state index in [2.05, 4.69) is 5.16 Å². The van der Waals surface area contributed by atoms with Crippen molar-refractivity contribution in [2.75, 3.05) is 20.8 Å². The molecular formula is C23H22FNO4. The van der Waals surface area contributed by atoms with Crippen molar-refractivity contribution in [2.45, 2.75) is 6.61 Å². The summed E-state index contributed by atoms with van der Waals surface area (Å²) in [5.41, 5.74) is 2.44. The van der Waals surface area contributed by atoms with E-state index in [4.69, 9.17) is 19.0 Å². The van der Waals surface area contributed by atoms with Gasteiger partial charge in [-0.05, 0) is 29.8 Å². The molecule has 0 saturated heterocycles. The van der Waals surface area contributed by atoms with Crippen LogP contribution >= 0.6 is 0 Å². The molecule has 0 radical (unpaired) electrons. The molecule has 6 heteroatoms. The molecule has 150 valence electrons. The number of rotatable bonds is 9. The summed E-state index contributed by atoms with van der Waals surface area (Å²) in [6, 6.07) is 21.2. The molecule has 5 nitrogen and oxygen atoms in total. The lowest BCUT2D eigenvalue weighted by Gasteiger charge is -2.14. The maximum absolute atomic E-state index is 13.3. The molecule has 0 heterocycles. The largest absolute Gasteiger partial charge is 0.493 e. The first kappa shape index (κ1) is 20.2. The van der Waals surface area contributed by atoms with Crippen molar-refractivity contribution in [1.82, 2.24) is 0 Å². The maximum atomic E-state index is 13.3. The first-order valence-electron chi connectivity index (χ1n) is 9.03. The third-order valence-electron chi connectivity index (χ3n) is 4.10. The summed E-state index contributed by atoms with van der Waals surface area (Å²) in [6.45, 7) is 0.494. The van der Waals surface area contributed by atoms with Crippen LogP contribution in [-0.4, -0.2) is 26.5 Å². The summed E-state index contributed by atoms with van der Waals surface area (Å²) < 4.78 is 30.2. The van der Waals surface area contributed by atoms with Gasteiger partial charge < -0.3 is 19.0 Å². The van der Waals surface area contributed by atoms with Gasteiger partial charge in [0, 0.05) is 11.6 Å². The summed E-state index contributed by atoms with van der Waals surface area (Å²) in [5.74, 6) is 1.26. The highest BCUT2D eigenvalue weighted by atomic mass is 19.1. The van der Waals surface area contributed by atoms with Gasteiger partial charge in [0.05, 0.1) is 7.11 Å². The molecule has 0 aromatic heterocycles. The quantitative estimate of drug-likeness (QED) is 0.384. The molecule has 0 unspecified atom stereocenters. The highest BCUT2D eigenvalue weighted by molar-refractivity contribution is 6.01. The Bertz CT molecular complexity index is 960. The molecule has 0 aliphatic carbocycles. The Hall–Kier alpha value is -3.54. The van der Waals surface area contributed by atoms with Crippen molar-refractivity contribution in [3.8, 4) is 17.2 Å². The fourth-order valence-corrected chi connectivity index (χ4v) is 2.69. The number of hydrogen-bond donors (Lipinski definition) is 0. The van der Waals surface area contributed by atoms with E-state index in [1.807, 2.05) is 42.5 Å².